The Morgan fingerprint density at radius 2 is 2.20 bits per heavy atom. The third-order valence-corrected chi connectivity index (χ3v) is 1.63. The number of carbonyl (C=O) groups is 1. The zero-order valence-electron chi connectivity index (χ0n) is 8.09. The molecule has 0 spiro atoms. The molecule has 0 saturated heterocycles. The standard InChI is InChI=1S/C7H11N5O3/c1-8-4(13)2-3-9-5-6(14)10-7(15)12-11-5/h2-3H2,1H3,(H,8,13)(H,9,11)(H2,10,12,14,15). The second-order valence-electron chi connectivity index (χ2n) is 2.71. The molecule has 0 aromatic carbocycles. The van der Waals surface area contributed by atoms with Crippen LogP contribution in [0.4, 0.5) is 5.82 Å². The highest BCUT2D eigenvalue weighted by Crippen LogP contribution is 1.87. The highest BCUT2D eigenvalue weighted by Gasteiger charge is 2.02. The predicted octanol–water partition coefficient (Wildman–Crippen LogP) is -1.99. The Bertz CT molecular complexity index is 448. The molecule has 0 bridgehead atoms. The smallest absolute Gasteiger partial charge is 0.342 e. The molecule has 0 radical (unpaired) electrons. The third-order valence-electron chi connectivity index (χ3n) is 1.63. The lowest BCUT2D eigenvalue weighted by atomic mass is 10.4. The Balaban J connectivity index is 2.55. The molecule has 82 valence electrons. The number of nitrogens with zero attached hydrogens (tertiary/aromatic N) is 1. The third kappa shape index (κ3) is 3.25. The van der Waals surface area contributed by atoms with Crippen molar-refractivity contribution in [2.75, 3.05) is 18.9 Å². The van der Waals surface area contributed by atoms with E-state index in [1.807, 2.05) is 4.98 Å². The molecule has 8 nitrogen and oxygen atoms in total. The van der Waals surface area contributed by atoms with Crippen LogP contribution in [-0.4, -0.2) is 34.7 Å². The molecule has 1 aromatic heterocycles. The van der Waals surface area contributed by atoms with Gasteiger partial charge in [-0.15, -0.1) is 5.10 Å². The van der Waals surface area contributed by atoms with Gasteiger partial charge >= 0.3 is 5.69 Å². The van der Waals surface area contributed by atoms with Crippen molar-refractivity contribution in [3.63, 3.8) is 0 Å². The fourth-order valence-corrected chi connectivity index (χ4v) is 0.887. The van der Waals surface area contributed by atoms with Gasteiger partial charge in [-0.2, -0.15) is 0 Å². The zero-order chi connectivity index (χ0) is 11.3. The summed E-state index contributed by atoms with van der Waals surface area (Å²) in [6.07, 6.45) is 0.219. The number of aromatic nitrogens is 3. The summed E-state index contributed by atoms with van der Waals surface area (Å²) in [5.41, 5.74) is -1.28. The van der Waals surface area contributed by atoms with E-state index in [1.165, 1.54) is 7.05 Å². The molecule has 0 aliphatic rings. The number of amides is 1. The fourth-order valence-electron chi connectivity index (χ4n) is 0.887. The first-order valence-electron chi connectivity index (χ1n) is 4.27. The quantitative estimate of drug-likeness (QED) is 0.461. The number of H-pyrrole nitrogens is 2. The van der Waals surface area contributed by atoms with Crippen LogP contribution in [0.5, 0.6) is 0 Å². The van der Waals surface area contributed by atoms with Gasteiger partial charge in [0.1, 0.15) is 0 Å². The predicted molar refractivity (Wildman–Crippen MR) is 52.7 cm³/mol. The van der Waals surface area contributed by atoms with E-state index in [4.69, 9.17) is 0 Å². The van der Waals surface area contributed by atoms with Crippen LogP contribution in [0.1, 0.15) is 6.42 Å². The topological polar surface area (TPSA) is 120 Å². The molecule has 1 aromatic rings. The first-order valence-corrected chi connectivity index (χ1v) is 4.27. The molecule has 15 heavy (non-hydrogen) atoms. The number of anilines is 1. The van der Waals surface area contributed by atoms with Crippen molar-refractivity contribution in [1.29, 1.82) is 0 Å². The van der Waals surface area contributed by atoms with E-state index in [0.717, 1.165) is 0 Å². The number of aromatic amines is 2. The Morgan fingerprint density at radius 3 is 2.80 bits per heavy atom. The summed E-state index contributed by atoms with van der Waals surface area (Å²) < 4.78 is 0. The summed E-state index contributed by atoms with van der Waals surface area (Å²) >= 11 is 0. The molecular weight excluding hydrogens is 202 g/mol. The van der Waals surface area contributed by atoms with E-state index >= 15 is 0 Å². The summed E-state index contributed by atoms with van der Waals surface area (Å²) in [6.45, 7) is 0.266. The summed E-state index contributed by atoms with van der Waals surface area (Å²) in [6, 6.07) is 0. The van der Waals surface area contributed by atoms with Crippen LogP contribution in [-0.2, 0) is 4.79 Å². The molecule has 1 heterocycles. The van der Waals surface area contributed by atoms with E-state index in [0.29, 0.717) is 0 Å². The van der Waals surface area contributed by atoms with Crippen LogP contribution < -0.4 is 21.9 Å². The molecule has 0 aliphatic heterocycles. The summed E-state index contributed by atoms with van der Waals surface area (Å²) in [5.74, 6) is -0.165. The molecule has 0 unspecified atom stereocenters. The number of hydrogen-bond acceptors (Lipinski definition) is 5. The number of nitrogens with one attached hydrogen (secondary N) is 4. The zero-order valence-corrected chi connectivity index (χ0v) is 8.09. The van der Waals surface area contributed by atoms with Gasteiger partial charge in [0, 0.05) is 20.0 Å². The molecule has 0 aliphatic carbocycles. The van der Waals surface area contributed by atoms with E-state index < -0.39 is 11.2 Å². The van der Waals surface area contributed by atoms with Gasteiger partial charge in [0.25, 0.3) is 5.56 Å². The van der Waals surface area contributed by atoms with Crippen LogP contribution in [0.15, 0.2) is 9.59 Å². The minimum absolute atomic E-state index is 0.0153. The number of rotatable bonds is 4. The van der Waals surface area contributed by atoms with Crippen LogP contribution in [0.25, 0.3) is 0 Å². The lowest BCUT2D eigenvalue weighted by Gasteiger charge is -2.02. The van der Waals surface area contributed by atoms with E-state index in [-0.39, 0.29) is 24.7 Å². The van der Waals surface area contributed by atoms with Crippen LogP contribution in [0.3, 0.4) is 0 Å². The van der Waals surface area contributed by atoms with Crippen molar-refractivity contribution in [2.24, 2.45) is 0 Å². The number of hydrogen-bond donors (Lipinski definition) is 4. The SMILES string of the molecule is CNC(=O)CCNc1n[nH]c(=O)[nH]c1=O. The highest BCUT2D eigenvalue weighted by atomic mass is 16.2. The second kappa shape index (κ2) is 4.94. The largest absolute Gasteiger partial charge is 0.364 e. The van der Waals surface area contributed by atoms with Crippen molar-refractivity contribution >= 4 is 11.7 Å². The van der Waals surface area contributed by atoms with Gasteiger partial charge in [-0.05, 0) is 0 Å². The molecule has 0 saturated carbocycles. The highest BCUT2D eigenvalue weighted by molar-refractivity contribution is 5.75. The van der Waals surface area contributed by atoms with E-state index in [2.05, 4.69) is 20.8 Å². The monoisotopic (exact) mass is 213 g/mol. The van der Waals surface area contributed by atoms with Crippen LogP contribution in [0, 0.1) is 0 Å². The Kier molecular flexibility index (Phi) is 3.61. The van der Waals surface area contributed by atoms with E-state index in [1.54, 1.807) is 0 Å². The Hall–Kier alpha value is -2.12. The van der Waals surface area contributed by atoms with Gasteiger partial charge in [-0.25, -0.2) is 9.89 Å². The molecule has 4 N–H and O–H groups in total. The Labute approximate surface area is 84.1 Å². The maximum Gasteiger partial charge on any atom is 0.342 e. The summed E-state index contributed by atoms with van der Waals surface area (Å²) in [7, 11) is 1.52. The van der Waals surface area contributed by atoms with Crippen LogP contribution in [0.2, 0.25) is 0 Å². The van der Waals surface area contributed by atoms with Crippen molar-refractivity contribution in [3.8, 4) is 0 Å². The van der Waals surface area contributed by atoms with Crippen molar-refractivity contribution in [2.45, 2.75) is 6.42 Å². The van der Waals surface area contributed by atoms with Gasteiger partial charge in [0.15, 0.2) is 0 Å². The van der Waals surface area contributed by atoms with Crippen LogP contribution >= 0.6 is 0 Å². The molecule has 0 fully saturated rings. The minimum Gasteiger partial charge on any atom is -0.364 e. The first kappa shape index (κ1) is 11.0. The average molecular weight is 213 g/mol. The van der Waals surface area contributed by atoms with Crippen molar-refractivity contribution < 1.29 is 4.79 Å². The maximum absolute atomic E-state index is 11.1. The normalized spacial score (nSPS) is 9.67. The lowest BCUT2D eigenvalue weighted by Crippen LogP contribution is -2.28. The van der Waals surface area contributed by atoms with Crippen molar-refractivity contribution in [1.82, 2.24) is 20.5 Å². The maximum atomic E-state index is 11.1. The van der Waals surface area contributed by atoms with E-state index in [9.17, 15) is 14.4 Å². The average Bonchev–Trinajstić information content (AvgIpc) is 2.21. The Morgan fingerprint density at radius 1 is 1.47 bits per heavy atom. The molecule has 1 amide bonds. The van der Waals surface area contributed by atoms with Gasteiger partial charge in [-0.1, -0.05) is 0 Å². The van der Waals surface area contributed by atoms with Gasteiger partial charge in [0.05, 0.1) is 0 Å². The molecule has 0 atom stereocenters. The van der Waals surface area contributed by atoms with Gasteiger partial charge in [-0.3, -0.25) is 14.6 Å². The summed E-state index contributed by atoms with van der Waals surface area (Å²) in [5, 5.41) is 10.6. The molecule has 8 heteroatoms. The first-order chi connectivity index (χ1) is 7.13. The van der Waals surface area contributed by atoms with Gasteiger partial charge < -0.3 is 10.6 Å². The molecular formula is C7H11N5O3. The number of carbonyl (C=O) groups excluding carboxylic acids is 1. The fraction of sp³-hybridized carbons (Fsp3) is 0.429. The van der Waals surface area contributed by atoms with Gasteiger partial charge in [0.2, 0.25) is 11.7 Å². The summed E-state index contributed by atoms with van der Waals surface area (Å²) in [4.78, 5) is 34.5. The molecule has 1 rings (SSSR count). The second-order valence-corrected chi connectivity index (χ2v) is 2.71. The minimum atomic E-state index is -0.670. The lowest BCUT2D eigenvalue weighted by molar-refractivity contribution is -0.120. The van der Waals surface area contributed by atoms with Crippen molar-refractivity contribution in [3.05, 3.63) is 20.8 Å².